The Kier molecular flexibility index (Phi) is 4.93. The van der Waals surface area contributed by atoms with E-state index in [1.807, 2.05) is 20.8 Å². The molecule has 0 saturated carbocycles. The van der Waals surface area contributed by atoms with Crippen LogP contribution in [0.4, 0.5) is 0 Å². The van der Waals surface area contributed by atoms with Crippen molar-refractivity contribution in [3.05, 3.63) is 0 Å². The second-order valence-electron chi connectivity index (χ2n) is 4.72. The van der Waals surface area contributed by atoms with E-state index in [-0.39, 0.29) is 36.4 Å². The van der Waals surface area contributed by atoms with E-state index in [0.29, 0.717) is 13.0 Å². The molecule has 1 rings (SSSR count). The molecule has 0 aromatic carbocycles. The van der Waals surface area contributed by atoms with Crippen LogP contribution in [-0.4, -0.2) is 35.7 Å². The maximum atomic E-state index is 11.9. The number of amides is 1. The lowest BCUT2D eigenvalue weighted by Gasteiger charge is -2.17. The summed E-state index contributed by atoms with van der Waals surface area (Å²) in [4.78, 5) is 22.2. The number of carbonyl (C=O) groups is 2. The van der Waals surface area contributed by atoms with Crippen LogP contribution in [0.5, 0.6) is 0 Å². The van der Waals surface area contributed by atoms with Gasteiger partial charge in [-0.1, -0.05) is 6.92 Å². The minimum absolute atomic E-state index is 0.0280. The third kappa shape index (κ3) is 3.70. The predicted octanol–water partition coefficient (Wildman–Crippen LogP) is 1.03. The van der Waals surface area contributed by atoms with Crippen molar-refractivity contribution in [1.29, 1.82) is 0 Å². The Morgan fingerprint density at radius 3 is 2.35 bits per heavy atom. The summed E-state index contributed by atoms with van der Waals surface area (Å²) in [7, 11) is 0. The SMILES string of the molecule is CC1OC(C)C(C(=O)NCCCC(=O)O)C1C. The maximum absolute atomic E-state index is 11.9. The number of hydrogen-bond donors (Lipinski definition) is 2. The van der Waals surface area contributed by atoms with E-state index in [9.17, 15) is 9.59 Å². The number of aliphatic carboxylic acids is 1. The molecular weight excluding hydrogens is 222 g/mol. The summed E-state index contributed by atoms with van der Waals surface area (Å²) < 4.78 is 5.60. The first-order valence-corrected chi connectivity index (χ1v) is 6.08. The van der Waals surface area contributed by atoms with Gasteiger partial charge in [-0.05, 0) is 26.2 Å². The van der Waals surface area contributed by atoms with Gasteiger partial charge in [0.2, 0.25) is 5.91 Å². The standard InChI is InChI=1S/C12H21NO4/c1-7-8(2)17-9(3)11(7)12(16)13-6-4-5-10(14)15/h7-9,11H,4-6H2,1-3H3,(H,13,16)(H,14,15). The van der Waals surface area contributed by atoms with Gasteiger partial charge in [-0.25, -0.2) is 0 Å². The molecule has 1 amide bonds. The van der Waals surface area contributed by atoms with E-state index in [4.69, 9.17) is 9.84 Å². The van der Waals surface area contributed by atoms with Crippen LogP contribution >= 0.6 is 0 Å². The summed E-state index contributed by atoms with van der Waals surface area (Å²) in [6.07, 6.45) is 0.579. The molecule has 1 fully saturated rings. The highest BCUT2D eigenvalue weighted by molar-refractivity contribution is 5.80. The molecule has 98 valence electrons. The van der Waals surface area contributed by atoms with E-state index >= 15 is 0 Å². The summed E-state index contributed by atoms with van der Waals surface area (Å²) in [5.41, 5.74) is 0. The molecule has 4 atom stereocenters. The van der Waals surface area contributed by atoms with Crippen molar-refractivity contribution in [2.75, 3.05) is 6.54 Å². The zero-order valence-electron chi connectivity index (χ0n) is 10.6. The Bertz CT molecular complexity index is 292. The molecule has 0 spiro atoms. The first-order valence-electron chi connectivity index (χ1n) is 6.08. The molecule has 17 heavy (non-hydrogen) atoms. The van der Waals surface area contributed by atoms with Gasteiger partial charge in [0, 0.05) is 13.0 Å². The Morgan fingerprint density at radius 1 is 1.24 bits per heavy atom. The van der Waals surface area contributed by atoms with Gasteiger partial charge in [-0.15, -0.1) is 0 Å². The van der Waals surface area contributed by atoms with Crippen molar-refractivity contribution < 1.29 is 19.4 Å². The Morgan fingerprint density at radius 2 is 1.88 bits per heavy atom. The molecule has 0 bridgehead atoms. The zero-order valence-corrected chi connectivity index (χ0v) is 10.6. The third-order valence-corrected chi connectivity index (χ3v) is 3.41. The summed E-state index contributed by atoms with van der Waals surface area (Å²) in [6.45, 7) is 6.30. The summed E-state index contributed by atoms with van der Waals surface area (Å²) >= 11 is 0. The van der Waals surface area contributed by atoms with Crippen molar-refractivity contribution in [2.24, 2.45) is 11.8 Å². The Labute approximate surface area is 102 Å². The van der Waals surface area contributed by atoms with Crippen molar-refractivity contribution in [3.63, 3.8) is 0 Å². The quantitative estimate of drug-likeness (QED) is 0.707. The van der Waals surface area contributed by atoms with Crippen LogP contribution in [0, 0.1) is 11.8 Å². The van der Waals surface area contributed by atoms with E-state index in [1.54, 1.807) is 0 Å². The van der Waals surface area contributed by atoms with E-state index in [1.165, 1.54) is 0 Å². The van der Waals surface area contributed by atoms with Gasteiger partial charge in [0.25, 0.3) is 0 Å². The number of rotatable bonds is 5. The fourth-order valence-corrected chi connectivity index (χ4v) is 2.29. The molecular formula is C12H21NO4. The van der Waals surface area contributed by atoms with Crippen molar-refractivity contribution >= 4 is 11.9 Å². The van der Waals surface area contributed by atoms with Crippen LogP contribution in [0.25, 0.3) is 0 Å². The number of nitrogens with one attached hydrogen (secondary N) is 1. The largest absolute Gasteiger partial charge is 0.481 e. The molecule has 0 aromatic heterocycles. The molecule has 5 nitrogen and oxygen atoms in total. The lowest BCUT2D eigenvalue weighted by Crippen LogP contribution is -2.37. The molecule has 0 aromatic rings. The molecule has 0 aliphatic carbocycles. The van der Waals surface area contributed by atoms with Gasteiger partial charge in [0.05, 0.1) is 18.1 Å². The summed E-state index contributed by atoms with van der Waals surface area (Å²) in [5.74, 6) is -0.794. The van der Waals surface area contributed by atoms with Crippen molar-refractivity contribution in [1.82, 2.24) is 5.32 Å². The smallest absolute Gasteiger partial charge is 0.303 e. The highest BCUT2D eigenvalue weighted by atomic mass is 16.5. The number of carboxylic acid groups (broad SMARTS) is 1. The second kappa shape index (κ2) is 6.00. The normalized spacial score (nSPS) is 32.4. The van der Waals surface area contributed by atoms with Crippen LogP contribution in [0.2, 0.25) is 0 Å². The minimum Gasteiger partial charge on any atom is -0.481 e. The van der Waals surface area contributed by atoms with Crippen LogP contribution in [-0.2, 0) is 14.3 Å². The number of ether oxygens (including phenoxy) is 1. The molecule has 1 aliphatic heterocycles. The van der Waals surface area contributed by atoms with Gasteiger partial charge in [-0.2, -0.15) is 0 Å². The molecule has 1 aliphatic rings. The van der Waals surface area contributed by atoms with Gasteiger partial charge in [0.15, 0.2) is 0 Å². The predicted molar refractivity (Wildman–Crippen MR) is 62.5 cm³/mol. The van der Waals surface area contributed by atoms with Gasteiger partial charge in [0.1, 0.15) is 0 Å². The second-order valence-corrected chi connectivity index (χ2v) is 4.72. The molecule has 5 heteroatoms. The Balaban J connectivity index is 2.34. The lowest BCUT2D eigenvalue weighted by atomic mass is 9.89. The molecule has 1 heterocycles. The summed E-state index contributed by atoms with van der Waals surface area (Å²) in [6, 6.07) is 0. The molecule has 1 saturated heterocycles. The van der Waals surface area contributed by atoms with E-state index in [0.717, 1.165) is 0 Å². The van der Waals surface area contributed by atoms with Gasteiger partial charge >= 0.3 is 5.97 Å². The Hall–Kier alpha value is -1.10. The van der Waals surface area contributed by atoms with Gasteiger partial charge in [-0.3, -0.25) is 9.59 Å². The molecule has 2 N–H and O–H groups in total. The van der Waals surface area contributed by atoms with E-state index < -0.39 is 5.97 Å². The fourth-order valence-electron chi connectivity index (χ4n) is 2.29. The highest BCUT2D eigenvalue weighted by Gasteiger charge is 2.41. The average molecular weight is 243 g/mol. The van der Waals surface area contributed by atoms with Crippen LogP contribution in [0.15, 0.2) is 0 Å². The zero-order chi connectivity index (χ0) is 13.0. The lowest BCUT2D eigenvalue weighted by molar-refractivity contribution is -0.137. The van der Waals surface area contributed by atoms with Crippen LogP contribution < -0.4 is 5.32 Å². The highest BCUT2D eigenvalue weighted by Crippen LogP contribution is 2.32. The van der Waals surface area contributed by atoms with Gasteiger partial charge < -0.3 is 15.2 Å². The van der Waals surface area contributed by atoms with E-state index in [2.05, 4.69) is 5.32 Å². The minimum atomic E-state index is -0.834. The average Bonchev–Trinajstić information content (AvgIpc) is 2.48. The number of carboxylic acids is 1. The van der Waals surface area contributed by atoms with Crippen molar-refractivity contribution in [3.8, 4) is 0 Å². The summed E-state index contributed by atoms with van der Waals surface area (Å²) in [5, 5.41) is 11.3. The molecule has 4 unspecified atom stereocenters. The molecule has 0 radical (unpaired) electrons. The van der Waals surface area contributed by atoms with Crippen molar-refractivity contribution in [2.45, 2.75) is 45.8 Å². The fraction of sp³-hybridized carbons (Fsp3) is 0.833. The topological polar surface area (TPSA) is 75.6 Å². The first-order chi connectivity index (χ1) is 7.93. The monoisotopic (exact) mass is 243 g/mol. The maximum Gasteiger partial charge on any atom is 0.303 e. The van der Waals surface area contributed by atoms with Crippen LogP contribution in [0.1, 0.15) is 33.6 Å². The first kappa shape index (κ1) is 14.0. The third-order valence-electron chi connectivity index (χ3n) is 3.41. The number of carbonyl (C=O) groups excluding carboxylic acids is 1. The van der Waals surface area contributed by atoms with Crippen LogP contribution in [0.3, 0.4) is 0 Å². The number of hydrogen-bond acceptors (Lipinski definition) is 3.